The Morgan fingerprint density at radius 2 is 1.00 bits per heavy atom. The van der Waals surface area contributed by atoms with Crippen molar-refractivity contribution in [3.63, 3.8) is 0 Å². The van der Waals surface area contributed by atoms with E-state index in [2.05, 4.69) is 24.4 Å². The number of aliphatic hydroxyl groups is 8. The number of rotatable bonds is 39. The molecule has 376 valence electrons. The summed E-state index contributed by atoms with van der Waals surface area (Å²) in [5.41, 5.74) is 0. The zero-order valence-corrected chi connectivity index (χ0v) is 39.8. The highest BCUT2D eigenvalue weighted by Crippen LogP contribution is 2.30. The third kappa shape index (κ3) is 24.5. The maximum atomic E-state index is 12.5. The molecule has 0 aromatic rings. The number of hydrogen-bond acceptors (Lipinski definition) is 13. The minimum absolute atomic E-state index is 0.224. The van der Waals surface area contributed by atoms with E-state index in [1.165, 1.54) is 148 Å². The molecule has 12 unspecified atom stereocenters. The van der Waals surface area contributed by atoms with E-state index in [9.17, 15) is 45.6 Å². The third-order valence-electron chi connectivity index (χ3n) is 12.6. The Morgan fingerprint density at radius 1 is 0.547 bits per heavy atom. The Bertz CT molecular complexity index is 1170. The molecule has 2 aliphatic heterocycles. The number of amides is 1. The van der Waals surface area contributed by atoms with Crippen LogP contribution in [-0.2, 0) is 23.7 Å². The van der Waals surface area contributed by atoms with Gasteiger partial charge in [0.1, 0.15) is 48.8 Å². The number of nitrogens with one attached hydrogen (secondary N) is 1. The number of hydrogen-bond donors (Lipinski definition) is 9. The minimum atomic E-state index is -1.79. The van der Waals surface area contributed by atoms with E-state index in [0.29, 0.717) is 12.8 Å². The van der Waals surface area contributed by atoms with Crippen LogP contribution in [0.2, 0.25) is 0 Å². The summed E-state index contributed by atoms with van der Waals surface area (Å²) in [6.45, 7) is 2.40. The van der Waals surface area contributed by atoms with Gasteiger partial charge in [0, 0.05) is 6.42 Å². The van der Waals surface area contributed by atoms with Gasteiger partial charge in [-0.1, -0.05) is 179 Å². The number of aliphatic hydroxyl groups excluding tert-OH is 8. The summed E-state index contributed by atoms with van der Waals surface area (Å²) in [5, 5.41) is 85.6. The molecule has 0 bridgehead atoms. The number of unbranched alkanes of at least 4 members (excludes halogenated alkanes) is 24. The first-order valence-electron chi connectivity index (χ1n) is 25.6. The van der Waals surface area contributed by atoms with Crippen LogP contribution in [-0.4, -0.2) is 140 Å². The van der Waals surface area contributed by atoms with Crippen molar-refractivity contribution in [3.8, 4) is 0 Å². The average molecular weight is 916 g/mol. The second-order valence-electron chi connectivity index (χ2n) is 18.3. The molecule has 14 nitrogen and oxygen atoms in total. The van der Waals surface area contributed by atoms with Crippen molar-refractivity contribution in [1.29, 1.82) is 0 Å². The van der Waals surface area contributed by atoms with Gasteiger partial charge >= 0.3 is 0 Å². The van der Waals surface area contributed by atoms with Crippen LogP contribution in [0.3, 0.4) is 0 Å². The summed E-state index contributed by atoms with van der Waals surface area (Å²) in [7, 11) is 0. The lowest BCUT2D eigenvalue weighted by molar-refractivity contribution is -0.359. The summed E-state index contributed by atoms with van der Waals surface area (Å²) >= 11 is 0. The zero-order chi connectivity index (χ0) is 46.8. The van der Waals surface area contributed by atoms with Crippen LogP contribution < -0.4 is 5.32 Å². The Balaban J connectivity index is 1.57. The second kappa shape index (κ2) is 37.5. The first kappa shape index (κ1) is 58.6. The summed E-state index contributed by atoms with van der Waals surface area (Å²) in [5.74, 6) is -0.302. The van der Waals surface area contributed by atoms with Crippen LogP contribution in [0.5, 0.6) is 0 Å². The van der Waals surface area contributed by atoms with Gasteiger partial charge in [0.05, 0.1) is 32.0 Å². The normalized spacial score (nSPS) is 27.4. The number of carbonyl (C=O) groups excluding carboxylic acids is 1. The maximum Gasteiger partial charge on any atom is 0.220 e. The van der Waals surface area contributed by atoms with Crippen LogP contribution in [0.25, 0.3) is 0 Å². The van der Waals surface area contributed by atoms with Crippen molar-refractivity contribution in [1.82, 2.24) is 5.32 Å². The van der Waals surface area contributed by atoms with Gasteiger partial charge in [-0.15, -0.1) is 0 Å². The third-order valence-corrected chi connectivity index (χ3v) is 12.6. The SMILES string of the molecule is CCCCCCCCCCCCCCCCCCCCCCCCC/C=C/CC/C=C/C(O)C(COC1OC(CO)C(OC2OC(CO)C(O)C(O)C2O)C(O)C1O)NC(=O)CCC. The summed E-state index contributed by atoms with van der Waals surface area (Å²) in [6, 6.07) is -0.923. The first-order valence-corrected chi connectivity index (χ1v) is 25.6. The summed E-state index contributed by atoms with van der Waals surface area (Å²) in [4.78, 5) is 12.5. The quantitative estimate of drug-likeness (QED) is 0.0236. The molecule has 0 aromatic carbocycles. The fourth-order valence-electron chi connectivity index (χ4n) is 8.47. The number of carbonyl (C=O) groups is 1. The molecule has 0 radical (unpaired) electrons. The topological polar surface area (TPSA) is 228 Å². The highest BCUT2D eigenvalue weighted by atomic mass is 16.7. The van der Waals surface area contributed by atoms with Gasteiger partial charge < -0.3 is 65.1 Å². The standard InChI is InChI=1S/C50H93NO13/c1-3-5-6-7-8-9-10-11-12-13-14-15-16-17-18-19-20-21-22-23-24-25-26-27-28-29-30-31-32-34-39(54)38(51-42(55)33-4-2)37-61-49-47(60)45(58)48(41(36-53)63-49)64-50-46(59)44(57)43(56)40(35-52)62-50/h28-29,32,34,38-41,43-50,52-54,56-60H,3-27,30-31,33,35-37H2,1-2H3,(H,51,55)/b29-28+,34-32+. The van der Waals surface area contributed by atoms with E-state index in [-0.39, 0.29) is 18.9 Å². The monoisotopic (exact) mass is 916 g/mol. The highest BCUT2D eigenvalue weighted by molar-refractivity contribution is 5.76. The Kier molecular flexibility index (Phi) is 34.3. The summed E-state index contributed by atoms with van der Waals surface area (Å²) < 4.78 is 22.4. The van der Waals surface area contributed by atoms with Gasteiger partial charge in [-0.3, -0.25) is 4.79 Å². The van der Waals surface area contributed by atoms with E-state index < -0.39 is 86.8 Å². The molecule has 0 saturated carbocycles. The maximum absolute atomic E-state index is 12.5. The van der Waals surface area contributed by atoms with E-state index >= 15 is 0 Å². The van der Waals surface area contributed by atoms with Crippen LogP contribution in [0.1, 0.15) is 194 Å². The van der Waals surface area contributed by atoms with Crippen LogP contribution in [0.4, 0.5) is 0 Å². The van der Waals surface area contributed by atoms with Crippen LogP contribution in [0.15, 0.2) is 24.3 Å². The fourth-order valence-corrected chi connectivity index (χ4v) is 8.47. The smallest absolute Gasteiger partial charge is 0.220 e. The van der Waals surface area contributed by atoms with Crippen LogP contribution in [0, 0.1) is 0 Å². The predicted molar refractivity (Wildman–Crippen MR) is 249 cm³/mol. The van der Waals surface area contributed by atoms with E-state index in [1.54, 1.807) is 6.08 Å². The van der Waals surface area contributed by atoms with Crippen molar-refractivity contribution >= 4 is 5.91 Å². The van der Waals surface area contributed by atoms with Crippen molar-refractivity contribution in [2.45, 2.75) is 267 Å². The second-order valence-corrected chi connectivity index (χ2v) is 18.3. The molecule has 0 aliphatic carbocycles. The molecule has 2 fully saturated rings. The largest absolute Gasteiger partial charge is 0.394 e. The molecule has 12 atom stereocenters. The van der Waals surface area contributed by atoms with Crippen molar-refractivity contribution in [3.05, 3.63) is 24.3 Å². The van der Waals surface area contributed by atoms with Crippen molar-refractivity contribution < 1.29 is 64.6 Å². The summed E-state index contributed by atoms with van der Waals surface area (Å²) in [6.07, 6.45) is 26.0. The average Bonchev–Trinajstić information content (AvgIpc) is 3.29. The fraction of sp³-hybridized carbons (Fsp3) is 0.900. The molecule has 64 heavy (non-hydrogen) atoms. The molecular formula is C50H93NO13. The van der Waals surface area contributed by atoms with E-state index in [0.717, 1.165) is 12.8 Å². The lowest BCUT2D eigenvalue weighted by atomic mass is 9.97. The number of allylic oxidation sites excluding steroid dienone is 3. The molecule has 2 saturated heterocycles. The van der Waals surface area contributed by atoms with Crippen LogP contribution >= 0.6 is 0 Å². The van der Waals surface area contributed by atoms with Gasteiger partial charge in [0.2, 0.25) is 5.91 Å². The predicted octanol–water partition coefficient (Wildman–Crippen LogP) is 6.55. The van der Waals surface area contributed by atoms with Crippen molar-refractivity contribution in [2.24, 2.45) is 0 Å². The highest BCUT2D eigenvalue weighted by Gasteiger charge is 2.51. The van der Waals surface area contributed by atoms with Gasteiger partial charge in [-0.05, 0) is 32.1 Å². The molecule has 2 rings (SSSR count). The molecular weight excluding hydrogens is 823 g/mol. The molecule has 9 N–H and O–H groups in total. The molecule has 0 spiro atoms. The minimum Gasteiger partial charge on any atom is -0.394 e. The lowest BCUT2D eigenvalue weighted by Gasteiger charge is -2.46. The molecule has 2 aliphatic rings. The molecule has 1 amide bonds. The van der Waals surface area contributed by atoms with Crippen molar-refractivity contribution in [2.75, 3.05) is 19.8 Å². The number of ether oxygens (including phenoxy) is 4. The lowest BCUT2D eigenvalue weighted by Crippen LogP contribution is -2.65. The zero-order valence-electron chi connectivity index (χ0n) is 39.8. The first-order chi connectivity index (χ1) is 31.1. The Morgan fingerprint density at radius 3 is 1.50 bits per heavy atom. The molecule has 0 aromatic heterocycles. The Hall–Kier alpha value is -1.53. The molecule has 2 heterocycles. The van der Waals surface area contributed by atoms with Gasteiger partial charge in [-0.25, -0.2) is 0 Å². The van der Waals surface area contributed by atoms with Gasteiger partial charge in [-0.2, -0.15) is 0 Å². The van der Waals surface area contributed by atoms with Gasteiger partial charge in [0.25, 0.3) is 0 Å². The molecule has 14 heteroatoms. The van der Waals surface area contributed by atoms with E-state index in [4.69, 9.17) is 18.9 Å². The van der Waals surface area contributed by atoms with Gasteiger partial charge in [0.15, 0.2) is 12.6 Å². The Labute approximate surface area is 386 Å². The van der Waals surface area contributed by atoms with E-state index in [1.807, 2.05) is 13.0 Å².